The van der Waals surface area contributed by atoms with Crippen molar-refractivity contribution in [3.8, 4) is 0 Å². The van der Waals surface area contributed by atoms with Crippen molar-refractivity contribution in [1.82, 2.24) is 5.32 Å². The molecule has 1 unspecified atom stereocenters. The molecule has 3 aromatic carbocycles. The molecule has 1 aliphatic rings. The number of aryl methyl sites for hydroxylation is 1. The Morgan fingerprint density at radius 3 is 2.38 bits per heavy atom. The topological polar surface area (TPSA) is 78.5 Å². The predicted octanol–water partition coefficient (Wildman–Crippen LogP) is 5.58. The van der Waals surface area contributed by atoms with Gasteiger partial charge in [0.15, 0.2) is 0 Å². The molecule has 1 atom stereocenters. The lowest BCUT2D eigenvalue weighted by molar-refractivity contribution is -0.120. The highest BCUT2D eigenvalue weighted by Gasteiger charge is 2.39. The number of amides is 3. The summed E-state index contributed by atoms with van der Waals surface area (Å²) in [5.74, 6) is -1.52. The largest absolute Gasteiger partial charge is 0.350 e. The van der Waals surface area contributed by atoms with Crippen molar-refractivity contribution in [3.05, 3.63) is 105 Å². The number of hydrogen-bond acceptors (Lipinski definition) is 4. The first kappa shape index (κ1) is 23.5. The summed E-state index contributed by atoms with van der Waals surface area (Å²) < 4.78 is 0. The van der Waals surface area contributed by atoms with Crippen LogP contribution in [-0.4, -0.2) is 17.7 Å². The molecule has 0 spiro atoms. The fraction of sp³-hybridized carbons (Fsp3) is 0.115. The van der Waals surface area contributed by atoms with E-state index in [1.807, 2.05) is 37.3 Å². The SMILES string of the molecule is Cc1ccc(Cl)cc1N1C(=O)C(Cl)=C(Nc2cccc(C(=O)NC(C)c3ccccc3)c2)C1=O. The van der Waals surface area contributed by atoms with E-state index in [9.17, 15) is 14.4 Å². The van der Waals surface area contributed by atoms with Gasteiger partial charge >= 0.3 is 0 Å². The van der Waals surface area contributed by atoms with Crippen LogP contribution in [-0.2, 0) is 9.59 Å². The number of anilines is 2. The van der Waals surface area contributed by atoms with Crippen LogP contribution in [0.15, 0.2) is 83.5 Å². The zero-order valence-corrected chi connectivity index (χ0v) is 19.9. The van der Waals surface area contributed by atoms with Crippen molar-refractivity contribution in [2.75, 3.05) is 10.2 Å². The molecule has 3 amide bonds. The molecule has 0 radical (unpaired) electrons. The van der Waals surface area contributed by atoms with E-state index >= 15 is 0 Å². The van der Waals surface area contributed by atoms with Crippen molar-refractivity contribution < 1.29 is 14.4 Å². The Labute approximate surface area is 207 Å². The Morgan fingerprint density at radius 2 is 1.65 bits per heavy atom. The van der Waals surface area contributed by atoms with Crippen LogP contribution in [0.5, 0.6) is 0 Å². The lowest BCUT2D eigenvalue weighted by Gasteiger charge is -2.18. The number of nitrogens with one attached hydrogen (secondary N) is 2. The van der Waals surface area contributed by atoms with E-state index in [1.54, 1.807) is 49.4 Å². The molecule has 6 nitrogen and oxygen atoms in total. The molecule has 8 heteroatoms. The van der Waals surface area contributed by atoms with Crippen LogP contribution in [0.2, 0.25) is 5.02 Å². The number of carbonyl (C=O) groups excluding carboxylic acids is 3. The quantitative estimate of drug-likeness (QED) is 0.439. The molecule has 3 aromatic rings. The summed E-state index contributed by atoms with van der Waals surface area (Å²) in [5.41, 5.74) is 2.81. The van der Waals surface area contributed by atoms with Gasteiger partial charge in [-0.05, 0) is 55.3 Å². The van der Waals surface area contributed by atoms with Crippen molar-refractivity contribution >= 4 is 52.3 Å². The second-order valence-electron chi connectivity index (χ2n) is 7.88. The third kappa shape index (κ3) is 4.69. The molecule has 0 fully saturated rings. The smallest absolute Gasteiger partial charge is 0.283 e. The van der Waals surface area contributed by atoms with Gasteiger partial charge in [0.2, 0.25) is 0 Å². The predicted molar refractivity (Wildman–Crippen MR) is 134 cm³/mol. The summed E-state index contributed by atoms with van der Waals surface area (Å²) in [7, 11) is 0. The maximum Gasteiger partial charge on any atom is 0.283 e. The van der Waals surface area contributed by atoms with Crippen molar-refractivity contribution in [2.24, 2.45) is 0 Å². The Morgan fingerprint density at radius 1 is 0.912 bits per heavy atom. The minimum Gasteiger partial charge on any atom is -0.350 e. The molecule has 1 heterocycles. The lowest BCUT2D eigenvalue weighted by Crippen LogP contribution is -2.32. The number of imide groups is 1. The van der Waals surface area contributed by atoms with Gasteiger partial charge in [0.1, 0.15) is 10.7 Å². The fourth-order valence-electron chi connectivity index (χ4n) is 3.64. The van der Waals surface area contributed by atoms with E-state index in [1.165, 1.54) is 0 Å². The van der Waals surface area contributed by atoms with Gasteiger partial charge in [0, 0.05) is 16.3 Å². The van der Waals surface area contributed by atoms with E-state index in [2.05, 4.69) is 10.6 Å². The number of rotatable bonds is 6. The summed E-state index contributed by atoms with van der Waals surface area (Å²) in [6.07, 6.45) is 0. The van der Waals surface area contributed by atoms with E-state index in [0.717, 1.165) is 10.5 Å². The van der Waals surface area contributed by atoms with Crippen LogP contribution in [0.3, 0.4) is 0 Å². The lowest BCUT2D eigenvalue weighted by atomic mass is 10.1. The van der Waals surface area contributed by atoms with Crippen molar-refractivity contribution in [3.63, 3.8) is 0 Å². The third-order valence-corrected chi connectivity index (χ3v) is 6.07. The third-order valence-electron chi connectivity index (χ3n) is 5.48. The first-order chi connectivity index (χ1) is 16.3. The van der Waals surface area contributed by atoms with E-state index in [-0.39, 0.29) is 22.7 Å². The van der Waals surface area contributed by atoms with Gasteiger partial charge in [-0.25, -0.2) is 4.90 Å². The highest BCUT2D eigenvalue weighted by molar-refractivity contribution is 6.53. The summed E-state index contributed by atoms with van der Waals surface area (Å²) >= 11 is 12.3. The second kappa shape index (κ2) is 9.71. The molecule has 34 heavy (non-hydrogen) atoms. The Bertz CT molecular complexity index is 1320. The van der Waals surface area contributed by atoms with Gasteiger partial charge in [-0.3, -0.25) is 14.4 Å². The molecule has 1 aliphatic heterocycles. The minimum atomic E-state index is -0.648. The number of benzene rings is 3. The molecule has 0 aromatic heterocycles. The monoisotopic (exact) mass is 493 g/mol. The van der Waals surface area contributed by atoms with Gasteiger partial charge in [0.25, 0.3) is 17.7 Å². The number of nitrogens with zero attached hydrogens (tertiary/aromatic N) is 1. The summed E-state index contributed by atoms with van der Waals surface area (Å²) in [4.78, 5) is 39.6. The highest BCUT2D eigenvalue weighted by Crippen LogP contribution is 2.33. The zero-order chi connectivity index (χ0) is 24.4. The molecule has 0 aliphatic carbocycles. The molecular weight excluding hydrogens is 473 g/mol. The number of halogens is 2. The van der Waals surface area contributed by atoms with Gasteiger partial charge in [0.05, 0.1) is 11.7 Å². The molecule has 0 bridgehead atoms. The molecular formula is C26H21Cl2N3O3. The van der Waals surface area contributed by atoms with Crippen LogP contribution in [0.4, 0.5) is 11.4 Å². The normalized spacial score (nSPS) is 14.4. The molecule has 0 saturated heterocycles. The van der Waals surface area contributed by atoms with E-state index in [4.69, 9.17) is 23.2 Å². The summed E-state index contributed by atoms with van der Waals surface area (Å²) in [6.45, 7) is 3.67. The summed E-state index contributed by atoms with van der Waals surface area (Å²) in [5, 5.41) is 6.01. The average Bonchev–Trinajstić information content (AvgIpc) is 3.04. The second-order valence-corrected chi connectivity index (χ2v) is 8.69. The Kier molecular flexibility index (Phi) is 6.72. The maximum absolute atomic E-state index is 13.1. The van der Waals surface area contributed by atoms with Gasteiger partial charge < -0.3 is 10.6 Å². The molecule has 4 rings (SSSR count). The van der Waals surface area contributed by atoms with Crippen LogP contribution < -0.4 is 15.5 Å². The Hall–Kier alpha value is -3.61. The Balaban J connectivity index is 1.53. The average molecular weight is 494 g/mol. The standard InChI is InChI=1S/C26H21Cl2N3O3/c1-15-11-12-19(27)14-21(15)31-25(33)22(28)23(26(31)34)30-20-10-6-9-18(13-20)24(32)29-16(2)17-7-4-3-5-8-17/h3-14,16,30H,1-2H3,(H,29,32). The minimum absolute atomic E-state index is 0.0683. The molecule has 0 saturated carbocycles. The van der Waals surface area contributed by atoms with Crippen LogP contribution in [0, 0.1) is 6.92 Å². The molecule has 2 N–H and O–H groups in total. The van der Waals surface area contributed by atoms with Crippen LogP contribution in [0.25, 0.3) is 0 Å². The molecule has 172 valence electrons. The fourth-order valence-corrected chi connectivity index (χ4v) is 4.02. The van der Waals surface area contributed by atoms with Crippen molar-refractivity contribution in [1.29, 1.82) is 0 Å². The highest BCUT2D eigenvalue weighted by atomic mass is 35.5. The first-order valence-corrected chi connectivity index (χ1v) is 11.3. The van der Waals surface area contributed by atoms with Gasteiger partial charge in [-0.2, -0.15) is 0 Å². The van der Waals surface area contributed by atoms with E-state index < -0.39 is 11.8 Å². The van der Waals surface area contributed by atoms with E-state index in [0.29, 0.717) is 27.5 Å². The number of carbonyl (C=O) groups is 3. The van der Waals surface area contributed by atoms with Crippen molar-refractivity contribution in [2.45, 2.75) is 19.9 Å². The van der Waals surface area contributed by atoms with Gasteiger partial charge in [-0.1, -0.05) is 65.7 Å². The summed E-state index contributed by atoms with van der Waals surface area (Å²) in [6, 6.07) is 21.0. The van der Waals surface area contributed by atoms with Crippen LogP contribution >= 0.6 is 23.2 Å². The number of hydrogen-bond donors (Lipinski definition) is 2. The first-order valence-electron chi connectivity index (χ1n) is 10.5. The zero-order valence-electron chi connectivity index (χ0n) is 18.4. The van der Waals surface area contributed by atoms with Gasteiger partial charge in [-0.15, -0.1) is 0 Å². The maximum atomic E-state index is 13.1. The van der Waals surface area contributed by atoms with Crippen LogP contribution in [0.1, 0.15) is 34.5 Å².